The average Bonchev–Trinajstić information content (AvgIpc) is 2.76. The second kappa shape index (κ2) is 5.30. The van der Waals surface area contributed by atoms with Gasteiger partial charge in [0.15, 0.2) is 6.10 Å². The van der Waals surface area contributed by atoms with E-state index in [1.807, 2.05) is 0 Å². The van der Waals surface area contributed by atoms with Crippen LogP contribution < -0.4 is 0 Å². The van der Waals surface area contributed by atoms with Gasteiger partial charge in [-0.3, -0.25) is 0 Å². The zero-order valence-electron chi connectivity index (χ0n) is 9.36. The third-order valence-corrected chi connectivity index (χ3v) is 3.02. The first kappa shape index (κ1) is 14.0. The second-order valence-corrected chi connectivity index (χ2v) is 4.61. The van der Waals surface area contributed by atoms with E-state index in [1.165, 1.54) is 0 Å². The van der Waals surface area contributed by atoms with E-state index in [2.05, 4.69) is 26.1 Å². The molecule has 0 spiro atoms. The summed E-state index contributed by atoms with van der Waals surface area (Å²) in [5, 5.41) is 12.5. The normalized spacial score (nSPS) is 13.5. The lowest BCUT2D eigenvalue weighted by Gasteiger charge is -2.11. The van der Waals surface area contributed by atoms with Crippen molar-refractivity contribution >= 4 is 15.9 Å². The molecule has 0 saturated heterocycles. The molecule has 1 atom stereocenters. The molecule has 0 saturated carbocycles. The Labute approximate surface area is 114 Å². The molecule has 0 fully saturated rings. The maximum Gasteiger partial charge on any atom is 0.414 e. The van der Waals surface area contributed by atoms with Crippen LogP contribution in [0.2, 0.25) is 0 Å². The number of halogens is 4. The number of nitrogens with zero attached hydrogens (tertiary/aromatic N) is 2. The third-order valence-electron chi connectivity index (χ3n) is 2.33. The summed E-state index contributed by atoms with van der Waals surface area (Å²) in [6.07, 6.45) is -7.98. The molecule has 102 valence electrons. The Bertz CT molecular complexity index is 571. The Balaban J connectivity index is 2.19. The number of aromatic nitrogens is 2. The highest BCUT2D eigenvalue weighted by atomic mass is 79.9. The number of benzene rings is 1. The topological polar surface area (TPSA) is 59.2 Å². The molecule has 0 aliphatic carbocycles. The molecular formula is C11H8BrF3N2O2. The Morgan fingerprint density at radius 1 is 1.32 bits per heavy atom. The van der Waals surface area contributed by atoms with Crippen molar-refractivity contribution in [3.05, 3.63) is 34.6 Å². The Hall–Kier alpha value is -1.41. The van der Waals surface area contributed by atoms with Crippen molar-refractivity contribution in [2.45, 2.75) is 18.7 Å². The summed E-state index contributed by atoms with van der Waals surface area (Å²) in [6, 6.07) is 6.96. The van der Waals surface area contributed by atoms with Gasteiger partial charge in [0.2, 0.25) is 11.7 Å². The van der Waals surface area contributed by atoms with Gasteiger partial charge in [0.05, 0.1) is 6.42 Å². The monoisotopic (exact) mass is 336 g/mol. The third kappa shape index (κ3) is 3.32. The van der Waals surface area contributed by atoms with E-state index in [4.69, 9.17) is 9.63 Å². The molecule has 1 unspecified atom stereocenters. The van der Waals surface area contributed by atoms with Crippen molar-refractivity contribution in [2.24, 2.45) is 0 Å². The van der Waals surface area contributed by atoms with Gasteiger partial charge in [-0.15, -0.1) is 0 Å². The quantitative estimate of drug-likeness (QED) is 0.936. The number of alkyl halides is 3. The van der Waals surface area contributed by atoms with Crippen LogP contribution in [0.4, 0.5) is 13.2 Å². The van der Waals surface area contributed by atoms with Crippen LogP contribution >= 0.6 is 15.9 Å². The van der Waals surface area contributed by atoms with E-state index in [0.29, 0.717) is 10.0 Å². The highest BCUT2D eigenvalue weighted by molar-refractivity contribution is 9.10. The maximum absolute atomic E-state index is 12.2. The van der Waals surface area contributed by atoms with E-state index in [0.717, 1.165) is 0 Å². The van der Waals surface area contributed by atoms with Gasteiger partial charge in [0, 0.05) is 10.0 Å². The largest absolute Gasteiger partial charge is 0.414 e. The van der Waals surface area contributed by atoms with Crippen LogP contribution in [-0.4, -0.2) is 27.5 Å². The van der Waals surface area contributed by atoms with Crippen molar-refractivity contribution in [1.29, 1.82) is 0 Å². The molecule has 1 aromatic carbocycles. The molecule has 4 nitrogen and oxygen atoms in total. The molecule has 0 amide bonds. The number of aliphatic hydroxyl groups excluding tert-OH is 1. The van der Waals surface area contributed by atoms with Gasteiger partial charge < -0.3 is 9.63 Å². The fourth-order valence-corrected chi connectivity index (χ4v) is 1.83. The molecule has 0 radical (unpaired) electrons. The van der Waals surface area contributed by atoms with E-state index in [9.17, 15) is 13.2 Å². The molecular weight excluding hydrogens is 329 g/mol. The second-order valence-electron chi connectivity index (χ2n) is 3.75. The Kier molecular flexibility index (Phi) is 3.91. The first-order valence-corrected chi connectivity index (χ1v) is 5.99. The van der Waals surface area contributed by atoms with Crippen molar-refractivity contribution in [2.75, 3.05) is 0 Å². The zero-order chi connectivity index (χ0) is 14.0. The summed E-state index contributed by atoms with van der Waals surface area (Å²) in [7, 11) is 0. The summed E-state index contributed by atoms with van der Waals surface area (Å²) in [5.74, 6) is -0.104. The van der Waals surface area contributed by atoms with Gasteiger partial charge in [0.25, 0.3) is 0 Å². The maximum atomic E-state index is 12.2. The molecule has 2 rings (SSSR count). The molecule has 1 heterocycles. The first-order chi connectivity index (χ1) is 8.88. The van der Waals surface area contributed by atoms with Gasteiger partial charge in [-0.25, -0.2) is 0 Å². The lowest BCUT2D eigenvalue weighted by Crippen LogP contribution is -2.30. The van der Waals surface area contributed by atoms with Crippen LogP contribution in [0.5, 0.6) is 0 Å². The van der Waals surface area contributed by atoms with Gasteiger partial charge in [0.1, 0.15) is 0 Å². The summed E-state index contributed by atoms with van der Waals surface area (Å²) < 4.78 is 41.9. The minimum atomic E-state index is -4.71. The summed E-state index contributed by atoms with van der Waals surface area (Å²) in [4.78, 5) is 3.83. The summed E-state index contributed by atoms with van der Waals surface area (Å²) in [5.41, 5.74) is 0.596. The lowest BCUT2D eigenvalue weighted by molar-refractivity contribution is -0.204. The van der Waals surface area contributed by atoms with Crippen molar-refractivity contribution in [1.82, 2.24) is 10.1 Å². The average molecular weight is 337 g/mol. The van der Waals surface area contributed by atoms with Crippen molar-refractivity contribution in [3.8, 4) is 11.4 Å². The molecule has 19 heavy (non-hydrogen) atoms. The predicted molar refractivity (Wildman–Crippen MR) is 63.2 cm³/mol. The summed E-state index contributed by atoms with van der Waals surface area (Å²) >= 11 is 3.27. The molecule has 0 aliphatic heterocycles. The highest BCUT2D eigenvalue weighted by Crippen LogP contribution is 2.27. The molecule has 8 heteroatoms. The highest BCUT2D eigenvalue weighted by Gasteiger charge is 2.39. The fraction of sp³-hybridized carbons (Fsp3) is 0.273. The van der Waals surface area contributed by atoms with Crippen LogP contribution in [-0.2, 0) is 6.42 Å². The first-order valence-electron chi connectivity index (χ1n) is 5.20. The van der Waals surface area contributed by atoms with E-state index >= 15 is 0 Å². The molecule has 1 aromatic heterocycles. The summed E-state index contributed by atoms with van der Waals surface area (Å²) in [6.45, 7) is 0. The van der Waals surface area contributed by atoms with Crippen LogP contribution in [0.3, 0.4) is 0 Å². The number of aliphatic hydroxyl groups is 1. The van der Waals surface area contributed by atoms with Gasteiger partial charge in [-0.2, -0.15) is 18.2 Å². The van der Waals surface area contributed by atoms with Crippen molar-refractivity contribution in [3.63, 3.8) is 0 Å². The van der Waals surface area contributed by atoms with Gasteiger partial charge in [-0.1, -0.05) is 33.2 Å². The molecule has 0 bridgehead atoms. The standard InChI is InChI=1S/C11H8BrF3N2O2/c12-7-4-2-1-3-6(7)10-16-9(19-17-10)5-8(18)11(13,14)15/h1-4,8,18H,5H2. The van der Waals surface area contributed by atoms with E-state index in [1.54, 1.807) is 24.3 Å². The SMILES string of the molecule is OC(Cc1nc(-c2ccccc2Br)no1)C(F)(F)F. The van der Waals surface area contributed by atoms with Crippen LogP contribution in [0.25, 0.3) is 11.4 Å². The minimum Gasteiger partial charge on any atom is -0.383 e. The van der Waals surface area contributed by atoms with E-state index in [-0.39, 0.29) is 11.7 Å². The Morgan fingerprint density at radius 2 is 2.00 bits per heavy atom. The number of hydrogen-bond donors (Lipinski definition) is 1. The van der Waals surface area contributed by atoms with E-state index < -0.39 is 18.7 Å². The van der Waals surface area contributed by atoms with Crippen LogP contribution in [0, 0.1) is 0 Å². The van der Waals surface area contributed by atoms with Crippen molar-refractivity contribution < 1.29 is 22.8 Å². The molecule has 0 aliphatic rings. The molecule has 1 N–H and O–H groups in total. The minimum absolute atomic E-state index is 0.164. The Morgan fingerprint density at radius 3 is 2.63 bits per heavy atom. The molecule has 2 aromatic rings. The zero-order valence-corrected chi connectivity index (χ0v) is 10.9. The number of rotatable bonds is 3. The van der Waals surface area contributed by atoms with Crippen LogP contribution in [0.1, 0.15) is 5.89 Å². The van der Waals surface area contributed by atoms with Gasteiger partial charge >= 0.3 is 6.18 Å². The van der Waals surface area contributed by atoms with Gasteiger partial charge in [-0.05, 0) is 12.1 Å². The van der Waals surface area contributed by atoms with Crippen LogP contribution in [0.15, 0.2) is 33.3 Å². The lowest BCUT2D eigenvalue weighted by atomic mass is 10.2. The number of hydrogen-bond acceptors (Lipinski definition) is 4. The fourth-order valence-electron chi connectivity index (χ4n) is 1.37. The predicted octanol–water partition coefficient (Wildman–Crippen LogP) is 2.96. The smallest absolute Gasteiger partial charge is 0.383 e.